The lowest BCUT2D eigenvalue weighted by atomic mass is 10.00. The summed E-state index contributed by atoms with van der Waals surface area (Å²) in [7, 11) is 0. The fraction of sp³-hybridized carbons (Fsp3) is 0.812. The Kier molecular flexibility index (Phi) is 5.29. The van der Waals surface area contributed by atoms with Crippen LogP contribution in [0.4, 0.5) is 4.79 Å². The molecule has 1 aliphatic rings. The van der Waals surface area contributed by atoms with Crippen LogP contribution in [0.1, 0.15) is 59.2 Å². The number of hydrogen-bond acceptors (Lipinski definition) is 6. The molecule has 1 aromatic heterocycles. The zero-order chi connectivity index (χ0) is 17.1. The van der Waals surface area contributed by atoms with Gasteiger partial charge >= 0.3 is 6.09 Å². The van der Waals surface area contributed by atoms with E-state index in [1.54, 1.807) is 4.90 Å². The lowest BCUT2D eigenvalue weighted by Gasteiger charge is -2.29. The molecule has 2 rings (SSSR count). The standard InChI is InChI=1S/C16H27N3O4/c1-6-12-17-13(23-18-12)10-21-16(7-2)8-9-19(11-16)14(20)22-15(3,4)5/h6-11H2,1-5H3. The van der Waals surface area contributed by atoms with Crippen LogP contribution in [0.2, 0.25) is 0 Å². The van der Waals surface area contributed by atoms with E-state index in [4.69, 9.17) is 14.0 Å². The molecule has 0 aromatic carbocycles. The Morgan fingerprint density at radius 2 is 2.13 bits per heavy atom. The van der Waals surface area contributed by atoms with Gasteiger partial charge in [0.1, 0.15) is 12.2 Å². The van der Waals surface area contributed by atoms with E-state index in [-0.39, 0.29) is 18.3 Å². The maximum absolute atomic E-state index is 12.2. The molecule has 1 fully saturated rings. The summed E-state index contributed by atoms with van der Waals surface area (Å²) in [5, 5.41) is 3.86. The van der Waals surface area contributed by atoms with Gasteiger partial charge in [-0.05, 0) is 33.6 Å². The molecule has 7 heteroatoms. The first-order valence-corrected chi connectivity index (χ1v) is 8.20. The normalized spacial score (nSPS) is 21.7. The highest BCUT2D eigenvalue weighted by Crippen LogP contribution is 2.30. The third-order valence-electron chi connectivity index (χ3n) is 3.94. The summed E-state index contributed by atoms with van der Waals surface area (Å²) in [5.74, 6) is 1.15. The number of amides is 1. The molecule has 1 aliphatic heterocycles. The van der Waals surface area contributed by atoms with Crippen LogP contribution in [-0.2, 0) is 22.5 Å². The Hall–Kier alpha value is -1.63. The number of carbonyl (C=O) groups excluding carboxylic acids is 1. The van der Waals surface area contributed by atoms with Crippen molar-refractivity contribution in [3.63, 3.8) is 0 Å². The van der Waals surface area contributed by atoms with Gasteiger partial charge in [0.25, 0.3) is 5.89 Å². The molecule has 0 N–H and O–H groups in total. The van der Waals surface area contributed by atoms with Crippen molar-refractivity contribution in [2.45, 2.75) is 71.7 Å². The summed E-state index contributed by atoms with van der Waals surface area (Å²) in [6.45, 7) is 11.0. The summed E-state index contributed by atoms with van der Waals surface area (Å²) in [6, 6.07) is 0. The maximum Gasteiger partial charge on any atom is 0.410 e. The van der Waals surface area contributed by atoms with Crippen molar-refractivity contribution < 1.29 is 18.8 Å². The van der Waals surface area contributed by atoms with Crippen molar-refractivity contribution in [2.75, 3.05) is 13.1 Å². The first kappa shape index (κ1) is 17.7. The van der Waals surface area contributed by atoms with E-state index in [0.717, 1.165) is 19.3 Å². The van der Waals surface area contributed by atoms with Crippen LogP contribution >= 0.6 is 0 Å². The summed E-state index contributed by atoms with van der Waals surface area (Å²) in [6.07, 6.45) is 2.02. The third-order valence-corrected chi connectivity index (χ3v) is 3.94. The van der Waals surface area contributed by atoms with Gasteiger partial charge in [-0.25, -0.2) is 4.79 Å². The quantitative estimate of drug-likeness (QED) is 0.828. The summed E-state index contributed by atoms with van der Waals surface area (Å²) >= 11 is 0. The molecule has 0 radical (unpaired) electrons. The largest absolute Gasteiger partial charge is 0.444 e. The fourth-order valence-corrected chi connectivity index (χ4v) is 2.54. The molecule has 0 saturated carbocycles. The van der Waals surface area contributed by atoms with Crippen molar-refractivity contribution in [2.24, 2.45) is 0 Å². The molecule has 0 spiro atoms. The number of rotatable bonds is 5. The minimum absolute atomic E-state index is 0.267. The van der Waals surface area contributed by atoms with Gasteiger partial charge in [-0.3, -0.25) is 0 Å². The number of hydrogen-bond donors (Lipinski definition) is 0. The number of nitrogens with zero attached hydrogens (tertiary/aromatic N) is 3. The van der Waals surface area contributed by atoms with Crippen LogP contribution in [0.25, 0.3) is 0 Å². The van der Waals surface area contributed by atoms with Gasteiger partial charge in [0.05, 0.1) is 12.1 Å². The lowest BCUT2D eigenvalue weighted by Crippen LogP contribution is -2.40. The van der Waals surface area contributed by atoms with E-state index in [0.29, 0.717) is 24.8 Å². The Morgan fingerprint density at radius 1 is 1.39 bits per heavy atom. The minimum Gasteiger partial charge on any atom is -0.444 e. The fourth-order valence-electron chi connectivity index (χ4n) is 2.54. The molecule has 1 unspecified atom stereocenters. The maximum atomic E-state index is 12.2. The van der Waals surface area contributed by atoms with E-state index in [9.17, 15) is 4.79 Å². The molecule has 1 atom stereocenters. The number of aryl methyl sites for hydroxylation is 1. The van der Waals surface area contributed by atoms with Gasteiger partial charge in [-0.2, -0.15) is 4.98 Å². The van der Waals surface area contributed by atoms with Crippen molar-refractivity contribution in [1.29, 1.82) is 0 Å². The van der Waals surface area contributed by atoms with Crippen LogP contribution in [0, 0.1) is 0 Å². The topological polar surface area (TPSA) is 77.7 Å². The van der Waals surface area contributed by atoms with Crippen molar-refractivity contribution in [3.8, 4) is 0 Å². The van der Waals surface area contributed by atoms with E-state index >= 15 is 0 Å². The lowest BCUT2D eigenvalue weighted by molar-refractivity contribution is -0.0610. The molecule has 1 amide bonds. The van der Waals surface area contributed by atoms with Gasteiger partial charge in [-0.15, -0.1) is 0 Å². The Bertz CT molecular complexity index is 538. The van der Waals surface area contributed by atoms with E-state index in [1.165, 1.54) is 0 Å². The molecular weight excluding hydrogens is 298 g/mol. The predicted octanol–water partition coefficient (Wildman–Crippen LogP) is 2.94. The average Bonchev–Trinajstić information content (AvgIpc) is 3.11. The molecule has 130 valence electrons. The third kappa shape index (κ3) is 4.67. The highest BCUT2D eigenvalue weighted by atomic mass is 16.6. The molecule has 7 nitrogen and oxygen atoms in total. The molecule has 23 heavy (non-hydrogen) atoms. The molecular formula is C16H27N3O4. The van der Waals surface area contributed by atoms with Crippen LogP contribution in [0.15, 0.2) is 4.52 Å². The number of ether oxygens (including phenoxy) is 2. The Morgan fingerprint density at radius 3 is 2.70 bits per heavy atom. The minimum atomic E-state index is -0.490. The highest BCUT2D eigenvalue weighted by Gasteiger charge is 2.41. The zero-order valence-electron chi connectivity index (χ0n) is 14.7. The highest BCUT2D eigenvalue weighted by molar-refractivity contribution is 5.68. The first-order valence-electron chi connectivity index (χ1n) is 8.20. The predicted molar refractivity (Wildman–Crippen MR) is 83.9 cm³/mol. The second kappa shape index (κ2) is 6.86. The van der Waals surface area contributed by atoms with Crippen LogP contribution in [0.3, 0.4) is 0 Å². The number of likely N-dealkylation sites (tertiary alicyclic amines) is 1. The van der Waals surface area contributed by atoms with Crippen LogP contribution in [-0.4, -0.2) is 45.4 Å². The molecule has 0 aliphatic carbocycles. The van der Waals surface area contributed by atoms with E-state index in [1.807, 2.05) is 27.7 Å². The second-order valence-electron chi connectivity index (χ2n) is 6.94. The van der Waals surface area contributed by atoms with Crippen molar-refractivity contribution >= 4 is 6.09 Å². The van der Waals surface area contributed by atoms with Gasteiger partial charge in [0.2, 0.25) is 0 Å². The van der Waals surface area contributed by atoms with Gasteiger partial charge in [-0.1, -0.05) is 19.0 Å². The van der Waals surface area contributed by atoms with Crippen LogP contribution in [0.5, 0.6) is 0 Å². The SMILES string of the molecule is CCc1noc(COC2(CC)CCN(C(=O)OC(C)(C)C)C2)n1. The smallest absolute Gasteiger partial charge is 0.410 e. The summed E-state index contributed by atoms with van der Waals surface area (Å²) in [5.41, 5.74) is -0.868. The second-order valence-corrected chi connectivity index (χ2v) is 6.94. The summed E-state index contributed by atoms with van der Waals surface area (Å²) < 4.78 is 16.6. The van der Waals surface area contributed by atoms with Crippen molar-refractivity contribution in [1.82, 2.24) is 15.0 Å². The van der Waals surface area contributed by atoms with Gasteiger partial charge < -0.3 is 18.9 Å². The molecule has 1 aromatic rings. The summed E-state index contributed by atoms with van der Waals surface area (Å²) in [4.78, 5) is 18.1. The van der Waals surface area contributed by atoms with E-state index < -0.39 is 5.60 Å². The monoisotopic (exact) mass is 325 g/mol. The average molecular weight is 325 g/mol. The first-order chi connectivity index (χ1) is 10.8. The van der Waals surface area contributed by atoms with E-state index in [2.05, 4.69) is 17.1 Å². The van der Waals surface area contributed by atoms with Crippen molar-refractivity contribution in [3.05, 3.63) is 11.7 Å². The van der Waals surface area contributed by atoms with Gasteiger partial charge in [0.15, 0.2) is 5.82 Å². The molecule has 0 bridgehead atoms. The van der Waals surface area contributed by atoms with Crippen LogP contribution < -0.4 is 0 Å². The van der Waals surface area contributed by atoms with Gasteiger partial charge in [0, 0.05) is 13.0 Å². The zero-order valence-corrected chi connectivity index (χ0v) is 14.7. The molecule has 1 saturated heterocycles. The number of carbonyl (C=O) groups is 1. The molecule has 2 heterocycles. The number of aromatic nitrogens is 2. The Balaban J connectivity index is 1.93. The Labute approximate surface area is 137 Å².